The van der Waals surface area contributed by atoms with Crippen molar-refractivity contribution in [1.82, 2.24) is 0 Å². The summed E-state index contributed by atoms with van der Waals surface area (Å²) < 4.78 is 1.32. The van der Waals surface area contributed by atoms with E-state index in [2.05, 4.69) is 34.2 Å². The van der Waals surface area contributed by atoms with Gasteiger partial charge in [-0.25, -0.2) is 0 Å². The van der Waals surface area contributed by atoms with Crippen LogP contribution in [-0.2, 0) is 0 Å². The SMILES string of the molecule is CC1(CNc2cc(Br)ccc2C#N)CCCS1. The summed E-state index contributed by atoms with van der Waals surface area (Å²) in [4.78, 5) is 0. The van der Waals surface area contributed by atoms with Crippen LogP contribution in [0.5, 0.6) is 0 Å². The fraction of sp³-hybridized carbons (Fsp3) is 0.462. The molecule has 17 heavy (non-hydrogen) atoms. The number of nitriles is 1. The van der Waals surface area contributed by atoms with Crippen molar-refractivity contribution in [1.29, 1.82) is 5.26 Å². The van der Waals surface area contributed by atoms with Crippen molar-refractivity contribution in [2.24, 2.45) is 0 Å². The molecule has 0 aliphatic carbocycles. The maximum Gasteiger partial charge on any atom is 0.101 e. The number of hydrogen-bond acceptors (Lipinski definition) is 3. The molecule has 1 saturated heterocycles. The predicted octanol–water partition coefficient (Wildman–Crippen LogP) is 4.02. The summed E-state index contributed by atoms with van der Waals surface area (Å²) in [6, 6.07) is 7.94. The maximum absolute atomic E-state index is 9.05. The van der Waals surface area contributed by atoms with E-state index in [1.165, 1.54) is 18.6 Å². The van der Waals surface area contributed by atoms with Crippen LogP contribution in [0.4, 0.5) is 5.69 Å². The Morgan fingerprint density at radius 2 is 2.41 bits per heavy atom. The van der Waals surface area contributed by atoms with Gasteiger partial charge in [0.1, 0.15) is 6.07 Å². The van der Waals surface area contributed by atoms with Crippen LogP contribution in [-0.4, -0.2) is 17.0 Å². The molecule has 1 heterocycles. The first-order chi connectivity index (χ1) is 8.13. The number of nitrogens with zero attached hydrogens (tertiary/aromatic N) is 1. The average Bonchev–Trinajstić information content (AvgIpc) is 2.74. The molecule has 0 saturated carbocycles. The molecule has 2 nitrogen and oxygen atoms in total. The maximum atomic E-state index is 9.05. The highest BCUT2D eigenvalue weighted by Crippen LogP contribution is 2.38. The average molecular weight is 311 g/mol. The standard InChI is InChI=1S/C13H15BrN2S/c1-13(5-2-6-17-13)9-16-12-7-11(14)4-3-10(12)8-15/h3-4,7,16H,2,5-6,9H2,1H3. The quantitative estimate of drug-likeness (QED) is 0.916. The highest BCUT2D eigenvalue weighted by Gasteiger charge is 2.29. The molecule has 1 aliphatic rings. The molecule has 1 aromatic rings. The largest absolute Gasteiger partial charge is 0.383 e. The van der Waals surface area contributed by atoms with Crippen LogP contribution in [0.25, 0.3) is 0 Å². The van der Waals surface area contributed by atoms with E-state index in [-0.39, 0.29) is 0 Å². The van der Waals surface area contributed by atoms with Crippen LogP contribution >= 0.6 is 27.7 Å². The van der Waals surface area contributed by atoms with Gasteiger partial charge in [0.25, 0.3) is 0 Å². The van der Waals surface area contributed by atoms with E-state index in [0.29, 0.717) is 10.3 Å². The Morgan fingerprint density at radius 3 is 3.06 bits per heavy atom. The normalized spacial score (nSPS) is 23.4. The number of hydrogen-bond donors (Lipinski definition) is 1. The first kappa shape index (κ1) is 12.8. The van der Waals surface area contributed by atoms with Gasteiger partial charge in [-0.15, -0.1) is 0 Å². The van der Waals surface area contributed by atoms with Gasteiger partial charge in [-0.3, -0.25) is 0 Å². The molecule has 0 radical (unpaired) electrons. The van der Waals surface area contributed by atoms with Crippen LogP contribution in [0.2, 0.25) is 0 Å². The zero-order chi connectivity index (χ0) is 12.3. The lowest BCUT2D eigenvalue weighted by Crippen LogP contribution is -2.27. The third-order valence-electron chi connectivity index (χ3n) is 3.06. The second kappa shape index (κ2) is 5.32. The molecular weight excluding hydrogens is 296 g/mol. The van der Waals surface area contributed by atoms with E-state index in [4.69, 9.17) is 5.26 Å². The molecule has 4 heteroatoms. The lowest BCUT2D eigenvalue weighted by Gasteiger charge is -2.24. The fourth-order valence-corrected chi connectivity index (χ4v) is 3.62. The van der Waals surface area contributed by atoms with Gasteiger partial charge in [0.15, 0.2) is 0 Å². The first-order valence-electron chi connectivity index (χ1n) is 5.70. The fourth-order valence-electron chi connectivity index (χ4n) is 2.02. The third-order valence-corrected chi connectivity index (χ3v) is 5.09. The Labute approximate surface area is 115 Å². The summed E-state index contributed by atoms with van der Waals surface area (Å²) in [6.45, 7) is 3.21. The molecule has 1 fully saturated rings. The molecule has 1 unspecified atom stereocenters. The number of rotatable bonds is 3. The highest BCUT2D eigenvalue weighted by molar-refractivity contribution is 9.10. The highest BCUT2D eigenvalue weighted by atomic mass is 79.9. The smallest absolute Gasteiger partial charge is 0.101 e. The Bertz CT molecular complexity index is 447. The van der Waals surface area contributed by atoms with Crippen LogP contribution in [0.3, 0.4) is 0 Å². The predicted molar refractivity (Wildman–Crippen MR) is 77.4 cm³/mol. The monoisotopic (exact) mass is 310 g/mol. The minimum Gasteiger partial charge on any atom is -0.383 e. The van der Waals surface area contributed by atoms with Crippen molar-refractivity contribution < 1.29 is 0 Å². The van der Waals surface area contributed by atoms with Gasteiger partial charge in [-0.1, -0.05) is 15.9 Å². The second-order valence-electron chi connectivity index (χ2n) is 4.56. The van der Waals surface area contributed by atoms with Crippen LogP contribution in [0, 0.1) is 11.3 Å². The summed E-state index contributed by atoms with van der Waals surface area (Å²) >= 11 is 5.46. The molecule has 1 atom stereocenters. The molecule has 0 amide bonds. The van der Waals surface area contributed by atoms with Crippen molar-refractivity contribution in [3.63, 3.8) is 0 Å². The van der Waals surface area contributed by atoms with Gasteiger partial charge in [0.05, 0.1) is 11.3 Å². The van der Waals surface area contributed by atoms with Crippen molar-refractivity contribution in [2.45, 2.75) is 24.5 Å². The van der Waals surface area contributed by atoms with E-state index in [9.17, 15) is 0 Å². The van der Waals surface area contributed by atoms with E-state index < -0.39 is 0 Å². The molecule has 1 aromatic carbocycles. The van der Waals surface area contributed by atoms with Gasteiger partial charge in [-0.05, 0) is 43.7 Å². The summed E-state index contributed by atoms with van der Waals surface area (Å²) in [5.41, 5.74) is 1.63. The summed E-state index contributed by atoms with van der Waals surface area (Å²) in [6.07, 6.45) is 2.55. The molecule has 0 bridgehead atoms. The lowest BCUT2D eigenvalue weighted by atomic mass is 10.1. The lowest BCUT2D eigenvalue weighted by molar-refractivity contribution is 0.635. The zero-order valence-electron chi connectivity index (χ0n) is 9.79. The summed E-state index contributed by atoms with van der Waals surface area (Å²) in [7, 11) is 0. The number of halogens is 1. The van der Waals surface area contributed by atoms with Gasteiger partial charge in [-0.2, -0.15) is 17.0 Å². The summed E-state index contributed by atoms with van der Waals surface area (Å²) in [5.74, 6) is 1.25. The van der Waals surface area contributed by atoms with Crippen molar-refractivity contribution in [3.8, 4) is 6.07 Å². The summed E-state index contributed by atoms with van der Waals surface area (Å²) in [5, 5.41) is 12.5. The van der Waals surface area contributed by atoms with Crippen LogP contribution in [0.1, 0.15) is 25.3 Å². The van der Waals surface area contributed by atoms with Crippen molar-refractivity contribution in [3.05, 3.63) is 28.2 Å². The number of anilines is 1. The Morgan fingerprint density at radius 1 is 1.59 bits per heavy atom. The van der Waals surface area contributed by atoms with Crippen molar-refractivity contribution >= 4 is 33.4 Å². The zero-order valence-corrected chi connectivity index (χ0v) is 12.2. The van der Waals surface area contributed by atoms with Crippen molar-refractivity contribution in [2.75, 3.05) is 17.6 Å². The van der Waals surface area contributed by atoms with E-state index in [1.807, 2.05) is 30.0 Å². The van der Waals surface area contributed by atoms with Gasteiger partial charge >= 0.3 is 0 Å². The van der Waals surface area contributed by atoms with E-state index in [1.54, 1.807) is 0 Å². The van der Waals surface area contributed by atoms with Crippen LogP contribution in [0.15, 0.2) is 22.7 Å². The Balaban J connectivity index is 2.08. The van der Waals surface area contributed by atoms with Gasteiger partial charge in [0.2, 0.25) is 0 Å². The second-order valence-corrected chi connectivity index (χ2v) is 7.16. The number of nitrogens with one attached hydrogen (secondary N) is 1. The number of benzene rings is 1. The topological polar surface area (TPSA) is 35.8 Å². The Hall–Kier alpha value is -0.660. The van der Waals surface area contributed by atoms with Gasteiger partial charge < -0.3 is 5.32 Å². The molecular formula is C13H15BrN2S. The molecule has 0 spiro atoms. The van der Waals surface area contributed by atoms with E-state index >= 15 is 0 Å². The minimum absolute atomic E-state index is 0.315. The molecule has 1 aliphatic heterocycles. The Kier molecular flexibility index (Phi) is 4.01. The molecule has 2 rings (SSSR count). The molecule has 90 valence electrons. The van der Waals surface area contributed by atoms with Gasteiger partial charge in [0, 0.05) is 15.8 Å². The van der Waals surface area contributed by atoms with E-state index in [0.717, 1.165) is 16.7 Å². The first-order valence-corrected chi connectivity index (χ1v) is 7.48. The molecule has 1 N–H and O–H groups in total. The third kappa shape index (κ3) is 3.17. The number of thioether (sulfide) groups is 1. The van der Waals surface area contributed by atoms with Crippen LogP contribution < -0.4 is 5.32 Å². The minimum atomic E-state index is 0.315. The molecule has 0 aromatic heterocycles.